The fraction of sp³-hybridized carbons (Fsp3) is 0.250. The van der Waals surface area contributed by atoms with Crippen LogP contribution in [0.3, 0.4) is 0 Å². The lowest BCUT2D eigenvalue weighted by Gasteiger charge is -2.05. The molecule has 0 aliphatic rings. The average molecular weight is 292 g/mol. The van der Waals surface area contributed by atoms with E-state index in [4.69, 9.17) is 10.8 Å². The lowest BCUT2D eigenvalue weighted by atomic mass is 10.1. The van der Waals surface area contributed by atoms with Crippen LogP contribution in [0.2, 0.25) is 0 Å². The normalized spacial score (nSPS) is 12.5. The molecule has 1 rings (SSSR count). The average Bonchev–Trinajstić information content (AvgIpc) is 2.04. The maximum Gasteiger partial charge on any atom is 0.320 e. The molecule has 1 atom stereocenters. The molecule has 5 heteroatoms. The van der Waals surface area contributed by atoms with Gasteiger partial charge in [-0.05, 0) is 40.6 Å². The molecule has 0 saturated heterocycles. The number of rotatable bonds is 3. The van der Waals surface area contributed by atoms with Crippen LogP contribution < -0.4 is 5.73 Å². The third kappa shape index (κ3) is 3.27. The van der Waals surface area contributed by atoms with Crippen molar-refractivity contribution in [3.8, 4) is 0 Å². The largest absolute Gasteiger partial charge is 0.480 e. The Morgan fingerprint density at radius 2 is 2.38 bits per heavy atom. The maximum atomic E-state index is 10.4. The summed E-state index contributed by atoms with van der Waals surface area (Å²) in [5, 5.41) is 8.57. The number of pyridine rings is 1. The predicted molar refractivity (Wildman–Crippen MR) is 56.3 cm³/mol. The van der Waals surface area contributed by atoms with E-state index in [-0.39, 0.29) is 0 Å². The zero-order chi connectivity index (χ0) is 9.84. The Bertz CT molecular complexity index is 317. The summed E-state index contributed by atoms with van der Waals surface area (Å²) >= 11 is 2.12. The number of carboxylic acids is 1. The van der Waals surface area contributed by atoms with E-state index in [1.165, 1.54) is 0 Å². The number of carboxylic acid groups (broad SMARTS) is 1. The second-order valence-corrected chi connectivity index (χ2v) is 3.91. The van der Waals surface area contributed by atoms with E-state index in [0.29, 0.717) is 6.42 Å². The van der Waals surface area contributed by atoms with Gasteiger partial charge in [0, 0.05) is 16.0 Å². The Labute approximate surface area is 89.3 Å². The van der Waals surface area contributed by atoms with Crippen molar-refractivity contribution in [3.63, 3.8) is 0 Å². The van der Waals surface area contributed by atoms with Crippen LogP contribution in [0.1, 0.15) is 5.56 Å². The number of nitrogens with two attached hydrogens (primary N) is 1. The van der Waals surface area contributed by atoms with Gasteiger partial charge in [0.05, 0.1) is 0 Å². The first-order valence-electron chi connectivity index (χ1n) is 3.67. The number of aromatic nitrogens is 1. The summed E-state index contributed by atoms with van der Waals surface area (Å²) in [5.74, 6) is -0.987. The summed E-state index contributed by atoms with van der Waals surface area (Å²) in [5.41, 5.74) is 6.22. The Hall–Kier alpha value is -0.690. The van der Waals surface area contributed by atoms with Crippen LogP contribution in [-0.4, -0.2) is 22.1 Å². The van der Waals surface area contributed by atoms with Gasteiger partial charge in [-0.1, -0.05) is 0 Å². The quantitative estimate of drug-likeness (QED) is 0.802. The van der Waals surface area contributed by atoms with Crippen molar-refractivity contribution >= 4 is 28.6 Å². The van der Waals surface area contributed by atoms with Crippen LogP contribution in [0.5, 0.6) is 0 Å². The zero-order valence-electron chi connectivity index (χ0n) is 6.77. The summed E-state index contributed by atoms with van der Waals surface area (Å²) in [6.07, 6.45) is 3.65. The molecular formula is C8H9IN2O2. The standard InChI is InChI=1S/C8H9IN2O2/c9-6-1-5(3-11-4-6)2-7(10)8(12)13/h1,3-4,7H,2,10H2,(H,12,13). The highest BCUT2D eigenvalue weighted by Gasteiger charge is 2.11. The monoisotopic (exact) mass is 292 g/mol. The minimum absolute atomic E-state index is 0.319. The van der Waals surface area contributed by atoms with Crippen molar-refractivity contribution in [1.29, 1.82) is 0 Å². The molecule has 0 bridgehead atoms. The number of hydrogen-bond donors (Lipinski definition) is 2. The SMILES string of the molecule is NC(Cc1cncc(I)c1)C(=O)O. The molecule has 0 aliphatic heterocycles. The molecule has 0 amide bonds. The Kier molecular flexibility index (Phi) is 3.61. The van der Waals surface area contributed by atoms with Crippen LogP contribution in [-0.2, 0) is 11.2 Å². The molecule has 0 radical (unpaired) electrons. The first kappa shape index (κ1) is 10.4. The van der Waals surface area contributed by atoms with Gasteiger partial charge in [-0.25, -0.2) is 0 Å². The molecular weight excluding hydrogens is 283 g/mol. The van der Waals surface area contributed by atoms with E-state index in [1.807, 2.05) is 6.07 Å². The summed E-state index contributed by atoms with van der Waals surface area (Å²) in [6.45, 7) is 0. The molecule has 13 heavy (non-hydrogen) atoms. The molecule has 4 nitrogen and oxygen atoms in total. The van der Waals surface area contributed by atoms with Crippen molar-refractivity contribution in [2.24, 2.45) is 5.73 Å². The first-order chi connectivity index (χ1) is 6.09. The van der Waals surface area contributed by atoms with Crippen LogP contribution in [0.25, 0.3) is 0 Å². The predicted octanol–water partition coefficient (Wildman–Crippen LogP) is 0.641. The maximum absolute atomic E-state index is 10.4. The summed E-state index contributed by atoms with van der Waals surface area (Å²) < 4.78 is 0.979. The third-order valence-corrected chi connectivity index (χ3v) is 2.12. The lowest BCUT2D eigenvalue weighted by molar-refractivity contribution is -0.138. The summed E-state index contributed by atoms with van der Waals surface area (Å²) in [6, 6.07) is 1.02. The van der Waals surface area contributed by atoms with E-state index < -0.39 is 12.0 Å². The Balaban J connectivity index is 2.69. The third-order valence-electron chi connectivity index (χ3n) is 1.53. The first-order valence-corrected chi connectivity index (χ1v) is 4.75. The van der Waals surface area contributed by atoms with Gasteiger partial charge in [-0.2, -0.15) is 0 Å². The fourth-order valence-electron chi connectivity index (χ4n) is 0.909. The lowest BCUT2D eigenvalue weighted by Crippen LogP contribution is -2.32. The smallest absolute Gasteiger partial charge is 0.320 e. The van der Waals surface area contributed by atoms with Crippen molar-refractivity contribution in [2.75, 3.05) is 0 Å². The number of aliphatic carboxylic acids is 1. The second-order valence-electron chi connectivity index (χ2n) is 2.66. The van der Waals surface area contributed by atoms with E-state index in [9.17, 15) is 4.79 Å². The van der Waals surface area contributed by atoms with Gasteiger partial charge >= 0.3 is 5.97 Å². The van der Waals surface area contributed by atoms with E-state index in [0.717, 1.165) is 9.13 Å². The van der Waals surface area contributed by atoms with Gasteiger partial charge in [0.1, 0.15) is 6.04 Å². The molecule has 0 saturated carbocycles. The zero-order valence-corrected chi connectivity index (χ0v) is 8.93. The van der Waals surface area contributed by atoms with Crippen molar-refractivity contribution in [3.05, 3.63) is 27.6 Å². The highest BCUT2D eigenvalue weighted by Crippen LogP contribution is 2.07. The Morgan fingerprint density at radius 1 is 1.69 bits per heavy atom. The van der Waals surface area contributed by atoms with E-state index in [1.54, 1.807) is 12.4 Å². The van der Waals surface area contributed by atoms with Gasteiger partial charge in [0.2, 0.25) is 0 Å². The molecule has 0 aliphatic carbocycles. The molecule has 70 valence electrons. The van der Waals surface area contributed by atoms with Gasteiger partial charge in [-0.15, -0.1) is 0 Å². The van der Waals surface area contributed by atoms with Crippen LogP contribution in [0, 0.1) is 3.57 Å². The van der Waals surface area contributed by atoms with Gasteiger partial charge in [-0.3, -0.25) is 9.78 Å². The van der Waals surface area contributed by atoms with Gasteiger partial charge in [0.25, 0.3) is 0 Å². The van der Waals surface area contributed by atoms with Gasteiger partial charge in [0.15, 0.2) is 0 Å². The highest BCUT2D eigenvalue weighted by molar-refractivity contribution is 14.1. The molecule has 1 aromatic rings. The van der Waals surface area contributed by atoms with Crippen LogP contribution in [0.4, 0.5) is 0 Å². The number of carbonyl (C=O) groups is 1. The summed E-state index contributed by atoms with van der Waals surface area (Å²) in [4.78, 5) is 14.4. The second kappa shape index (κ2) is 4.52. The molecule has 0 fully saturated rings. The number of hydrogen-bond acceptors (Lipinski definition) is 3. The molecule has 1 heterocycles. The number of nitrogens with zero attached hydrogens (tertiary/aromatic N) is 1. The Morgan fingerprint density at radius 3 is 2.92 bits per heavy atom. The fourth-order valence-corrected chi connectivity index (χ4v) is 1.47. The van der Waals surface area contributed by atoms with Crippen LogP contribution in [0.15, 0.2) is 18.5 Å². The molecule has 0 spiro atoms. The topological polar surface area (TPSA) is 76.2 Å². The minimum atomic E-state index is -0.987. The molecule has 1 unspecified atom stereocenters. The van der Waals surface area contributed by atoms with Crippen molar-refractivity contribution in [2.45, 2.75) is 12.5 Å². The van der Waals surface area contributed by atoms with Crippen LogP contribution >= 0.6 is 22.6 Å². The molecule has 0 aromatic carbocycles. The highest BCUT2D eigenvalue weighted by atomic mass is 127. The van der Waals surface area contributed by atoms with E-state index >= 15 is 0 Å². The minimum Gasteiger partial charge on any atom is -0.480 e. The van der Waals surface area contributed by atoms with Gasteiger partial charge < -0.3 is 10.8 Å². The van der Waals surface area contributed by atoms with Crippen molar-refractivity contribution in [1.82, 2.24) is 4.98 Å². The molecule has 1 aromatic heterocycles. The summed E-state index contributed by atoms with van der Waals surface area (Å²) in [7, 11) is 0. The number of halogens is 1. The van der Waals surface area contributed by atoms with Crippen molar-refractivity contribution < 1.29 is 9.90 Å². The molecule has 3 N–H and O–H groups in total. The van der Waals surface area contributed by atoms with E-state index in [2.05, 4.69) is 27.6 Å².